The van der Waals surface area contributed by atoms with E-state index in [1.165, 1.54) is 5.56 Å². The van der Waals surface area contributed by atoms with Crippen LogP contribution in [-0.4, -0.2) is 26.3 Å². The molecular weight excluding hydrogens is 214 g/mol. The molecule has 1 aliphatic heterocycles. The zero-order chi connectivity index (χ0) is 12.5. The summed E-state index contributed by atoms with van der Waals surface area (Å²) in [5, 5.41) is 3.54. The summed E-state index contributed by atoms with van der Waals surface area (Å²) in [5.41, 5.74) is 1.35. The summed E-state index contributed by atoms with van der Waals surface area (Å²) < 4.78 is 10.9. The van der Waals surface area contributed by atoms with Crippen molar-refractivity contribution in [2.24, 2.45) is 0 Å². The van der Waals surface area contributed by atoms with E-state index in [1.54, 1.807) is 14.2 Å². The molecule has 3 nitrogen and oxygen atoms in total. The minimum absolute atomic E-state index is 0.111. The Labute approximate surface area is 103 Å². The van der Waals surface area contributed by atoms with E-state index in [-0.39, 0.29) is 5.54 Å². The summed E-state index contributed by atoms with van der Waals surface area (Å²) in [4.78, 5) is 0. The third-order valence-corrected chi connectivity index (χ3v) is 3.69. The van der Waals surface area contributed by atoms with Crippen molar-refractivity contribution in [3.8, 4) is 11.5 Å². The molecule has 0 spiro atoms. The van der Waals surface area contributed by atoms with E-state index in [1.807, 2.05) is 12.1 Å². The molecule has 0 aliphatic carbocycles. The van der Waals surface area contributed by atoms with Crippen molar-refractivity contribution in [1.82, 2.24) is 5.32 Å². The molecule has 0 aromatic heterocycles. The molecule has 1 aliphatic rings. The van der Waals surface area contributed by atoms with Crippen LogP contribution in [-0.2, 0) is 0 Å². The maximum absolute atomic E-state index is 5.52. The molecule has 1 aromatic carbocycles. The van der Waals surface area contributed by atoms with Gasteiger partial charge in [-0.2, -0.15) is 0 Å². The van der Waals surface area contributed by atoms with Crippen LogP contribution >= 0.6 is 0 Å². The number of ether oxygens (including phenoxy) is 2. The van der Waals surface area contributed by atoms with Gasteiger partial charge in [0, 0.05) is 17.0 Å². The van der Waals surface area contributed by atoms with E-state index in [4.69, 9.17) is 9.47 Å². The first kappa shape index (κ1) is 12.2. The zero-order valence-electron chi connectivity index (χ0n) is 11.0. The van der Waals surface area contributed by atoms with Gasteiger partial charge in [-0.25, -0.2) is 0 Å². The van der Waals surface area contributed by atoms with Crippen molar-refractivity contribution in [3.63, 3.8) is 0 Å². The molecule has 1 unspecified atom stereocenters. The molecule has 17 heavy (non-hydrogen) atoms. The zero-order valence-corrected chi connectivity index (χ0v) is 11.0. The van der Waals surface area contributed by atoms with Gasteiger partial charge in [0.15, 0.2) is 11.5 Å². The highest BCUT2D eigenvalue weighted by Crippen LogP contribution is 2.43. The number of hydrogen-bond acceptors (Lipinski definition) is 3. The van der Waals surface area contributed by atoms with E-state index < -0.39 is 0 Å². The van der Waals surface area contributed by atoms with Crippen LogP contribution in [0.15, 0.2) is 18.2 Å². The van der Waals surface area contributed by atoms with Crippen molar-refractivity contribution in [3.05, 3.63) is 23.8 Å². The highest BCUT2D eigenvalue weighted by atomic mass is 16.5. The summed E-state index contributed by atoms with van der Waals surface area (Å²) in [7, 11) is 3.39. The molecule has 94 valence electrons. The van der Waals surface area contributed by atoms with Crippen LogP contribution in [0.25, 0.3) is 0 Å². The lowest BCUT2D eigenvalue weighted by Crippen LogP contribution is -2.36. The number of para-hydroxylation sites is 1. The first-order valence-corrected chi connectivity index (χ1v) is 6.06. The molecule has 1 N–H and O–H groups in total. The maximum Gasteiger partial charge on any atom is 0.164 e. The van der Waals surface area contributed by atoms with Gasteiger partial charge >= 0.3 is 0 Å². The number of benzene rings is 1. The van der Waals surface area contributed by atoms with Crippen LogP contribution in [0.5, 0.6) is 11.5 Å². The predicted molar refractivity (Wildman–Crippen MR) is 69.0 cm³/mol. The van der Waals surface area contributed by atoms with Crippen LogP contribution in [0.4, 0.5) is 0 Å². The minimum atomic E-state index is 0.111. The molecule has 3 heteroatoms. The third-order valence-electron chi connectivity index (χ3n) is 3.69. The molecule has 1 saturated heterocycles. The van der Waals surface area contributed by atoms with Gasteiger partial charge in [-0.3, -0.25) is 0 Å². The molecule has 0 bridgehead atoms. The summed E-state index contributed by atoms with van der Waals surface area (Å²) in [6.45, 7) is 5.53. The van der Waals surface area contributed by atoms with Gasteiger partial charge < -0.3 is 14.8 Å². The average molecular weight is 235 g/mol. The average Bonchev–Trinajstić information content (AvgIpc) is 2.67. The Morgan fingerprint density at radius 3 is 2.53 bits per heavy atom. The van der Waals surface area contributed by atoms with E-state index in [2.05, 4.69) is 25.2 Å². The number of hydrogen-bond donors (Lipinski definition) is 1. The summed E-state index contributed by atoms with van der Waals surface area (Å²) in [6, 6.07) is 6.11. The smallest absolute Gasteiger partial charge is 0.164 e. The van der Waals surface area contributed by atoms with Gasteiger partial charge in [0.25, 0.3) is 0 Å². The van der Waals surface area contributed by atoms with Crippen LogP contribution < -0.4 is 14.8 Å². The van der Waals surface area contributed by atoms with Crippen molar-refractivity contribution in [2.45, 2.75) is 31.7 Å². The van der Waals surface area contributed by atoms with Gasteiger partial charge in [-0.05, 0) is 32.9 Å². The minimum Gasteiger partial charge on any atom is -0.493 e. The summed E-state index contributed by atoms with van der Waals surface area (Å²) in [5.74, 6) is 2.15. The van der Waals surface area contributed by atoms with E-state index in [0.29, 0.717) is 5.92 Å². The normalized spacial score (nSPS) is 22.5. The van der Waals surface area contributed by atoms with Crippen LogP contribution in [0.1, 0.15) is 31.7 Å². The SMILES string of the molecule is COc1cccc(C2CCNC2(C)C)c1OC. The third kappa shape index (κ3) is 2.12. The Kier molecular flexibility index (Phi) is 3.29. The fourth-order valence-corrected chi connectivity index (χ4v) is 2.75. The second-order valence-electron chi connectivity index (χ2n) is 5.07. The quantitative estimate of drug-likeness (QED) is 0.873. The van der Waals surface area contributed by atoms with Gasteiger partial charge in [0.1, 0.15) is 0 Å². The fourth-order valence-electron chi connectivity index (χ4n) is 2.75. The molecule has 0 saturated carbocycles. The first-order chi connectivity index (χ1) is 8.10. The molecule has 1 aromatic rings. The monoisotopic (exact) mass is 235 g/mol. The molecule has 1 atom stereocenters. The number of nitrogens with one attached hydrogen (secondary N) is 1. The Hall–Kier alpha value is -1.22. The Bertz CT molecular complexity index is 401. The van der Waals surface area contributed by atoms with Crippen molar-refractivity contribution >= 4 is 0 Å². The number of rotatable bonds is 3. The van der Waals surface area contributed by atoms with E-state index in [9.17, 15) is 0 Å². The lowest BCUT2D eigenvalue weighted by molar-refractivity contribution is 0.340. The standard InChI is InChI=1S/C14H21NO2/c1-14(2)11(8-9-15-14)10-6-5-7-12(16-3)13(10)17-4/h5-7,11,15H,8-9H2,1-4H3. The topological polar surface area (TPSA) is 30.5 Å². The second-order valence-corrected chi connectivity index (χ2v) is 5.07. The molecule has 1 heterocycles. The van der Waals surface area contributed by atoms with Crippen molar-refractivity contribution in [2.75, 3.05) is 20.8 Å². The largest absolute Gasteiger partial charge is 0.493 e. The highest BCUT2D eigenvalue weighted by molar-refractivity contribution is 5.49. The molecule has 0 amide bonds. The van der Waals surface area contributed by atoms with Gasteiger partial charge in [-0.15, -0.1) is 0 Å². The summed E-state index contributed by atoms with van der Waals surface area (Å²) >= 11 is 0. The fraction of sp³-hybridized carbons (Fsp3) is 0.571. The molecule has 2 rings (SSSR count). The van der Waals surface area contributed by atoms with Crippen LogP contribution in [0.2, 0.25) is 0 Å². The molecular formula is C14H21NO2. The lowest BCUT2D eigenvalue weighted by atomic mass is 9.83. The van der Waals surface area contributed by atoms with Crippen molar-refractivity contribution in [1.29, 1.82) is 0 Å². The lowest BCUT2D eigenvalue weighted by Gasteiger charge is -2.29. The van der Waals surface area contributed by atoms with Crippen LogP contribution in [0.3, 0.4) is 0 Å². The van der Waals surface area contributed by atoms with Crippen LogP contribution in [0, 0.1) is 0 Å². The molecule has 0 radical (unpaired) electrons. The maximum atomic E-state index is 5.52. The molecule has 1 fully saturated rings. The second kappa shape index (κ2) is 4.57. The van der Waals surface area contributed by atoms with Gasteiger partial charge in [0.2, 0.25) is 0 Å². The predicted octanol–water partition coefficient (Wildman–Crippen LogP) is 2.56. The Morgan fingerprint density at radius 2 is 2.00 bits per heavy atom. The number of methoxy groups -OCH3 is 2. The highest BCUT2D eigenvalue weighted by Gasteiger charge is 2.37. The van der Waals surface area contributed by atoms with Gasteiger partial charge in [0.05, 0.1) is 14.2 Å². The van der Waals surface area contributed by atoms with E-state index in [0.717, 1.165) is 24.5 Å². The summed E-state index contributed by atoms with van der Waals surface area (Å²) in [6.07, 6.45) is 1.14. The van der Waals surface area contributed by atoms with Gasteiger partial charge in [-0.1, -0.05) is 12.1 Å². The first-order valence-electron chi connectivity index (χ1n) is 6.06. The Morgan fingerprint density at radius 1 is 1.24 bits per heavy atom. The van der Waals surface area contributed by atoms with Crippen molar-refractivity contribution < 1.29 is 9.47 Å². The van der Waals surface area contributed by atoms with E-state index >= 15 is 0 Å². The Balaban J connectivity index is 2.44.